The van der Waals surface area contributed by atoms with Gasteiger partial charge in [0.2, 0.25) is 11.0 Å². The SMILES string of the molecule is CN(CCCOc1cc(C(F)(F)F)ccc1Br)c1nnc(-c2nnn(CC(=O)O)n2)s1. The van der Waals surface area contributed by atoms with Gasteiger partial charge in [0, 0.05) is 13.6 Å². The molecule has 0 fully saturated rings. The molecule has 31 heavy (non-hydrogen) atoms. The number of ether oxygens (including phenoxy) is 1. The van der Waals surface area contributed by atoms with Gasteiger partial charge in [-0.05, 0) is 45.8 Å². The van der Waals surface area contributed by atoms with Gasteiger partial charge in [-0.15, -0.1) is 20.4 Å². The van der Waals surface area contributed by atoms with E-state index < -0.39 is 24.3 Å². The number of carboxylic acids is 1. The molecule has 3 rings (SSSR count). The summed E-state index contributed by atoms with van der Waals surface area (Å²) in [5.74, 6) is -0.816. The summed E-state index contributed by atoms with van der Waals surface area (Å²) in [6.45, 7) is 0.284. The first kappa shape index (κ1) is 22.9. The van der Waals surface area contributed by atoms with Gasteiger partial charge in [0.25, 0.3) is 0 Å². The van der Waals surface area contributed by atoms with Crippen LogP contribution in [0.25, 0.3) is 10.8 Å². The molecule has 166 valence electrons. The van der Waals surface area contributed by atoms with Gasteiger partial charge < -0.3 is 14.7 Å². The maximum absolute atomic E-state index is 12.8. The lowest BCUT2D eigenvalue weighted by Gasteiger charge is -2.16. The minimum atomic E-state index is -4.44. The minimum absolute atomic E-state index is 0.117. The molecule has 1 aromatic carbocycles. The molecule has 10 nitrogen and oxygen atoms in total. The van der Waals surface area contributed by atoms with Crippen molar-refractivity contribution in [1.29, 1.82) is 0 Å². The van der Waals surface area contributed by atoms with Crippen LogP contribution < -0.4 is 9.64 Å². The second-order valence-corrected chi connectivity index (χ2v) is 8.00. The first-order valence-corrected chi connectivity index (χ1v) is 10.3. The Morgan fingerprint density at radius 3 is 2.81 bits per heavy atom. The maximum Gasteiger partial charge on any atom is 0.416 e. The first-order valence-electron chi connectivity index (χ1n) is 8.67. The van der Waals surface area contributed by atoms with Crippen LogP contribution in [-0.2, 0) is 17.5 Å². The van der Waals surface area contributed by atoms with E-state index in [4.69, 9.17) is 9.84 Å². The molecule has 0 aliphatic heterocycles. The molecular formula is C16H15BrF3N7O3S. The molecule has 1 N–H and O–H groups in total. The summed E-state index contributed by atoms with van der Waals surface area (Å²) >= 11 is 4.38. The highest BCUT2D eigenvalue weighted by molar-refractivity contribution is 9.10. The highest BCUT2D eigenvalue weighted by Gasteiger charge is 2.31. The quantitative estimate of drug-likeness (QED) is 0.423. The number of hydrogen-bond donors (Lipinski definition) is 1. The Bertz CT molecular complexity index is 1060. The third kappa shape index (κ3) is 6.10. The van der Waals surface area contributed by atoms with E-state index >= 15 is 0 Å². The molecule has 0 spiro atoms. The number of rotatable bonds is 9. The van der Waals surface area contributed by atoms with Crippen molar-refractivity contribution in [3.8, 4) is 16.6 Å². The lowest BCUT2D eigenvalue weighted by molar-refractivity contribution is -0.138. The van der Waals surface area contributed by atoms with Gasteiger partial charge in [-0.2, -0.15) is 18.0 Å². The van der Waals surface area contributed by atoms with Crippen molar-refractivity contribution < 1.29 is 27.8 Å². The van der Waals surface area contributed by atoms with Crippen LogP contribution in [0.4, 0.5) is 18.3 Å². The fraction of sp³-hybridized carbons (Fsp3) is 0.375. The molecule has 0 bridgehead atoms. The number of alkyl halides is 3. The fourth-order valence-electron chi connectivity index (χ4n) is 2.35. The summed E-state index contributed by atoms with van der Waals surface area (Å²) in [6, 6.07) is 3.23. The van der Waals surface area contributed by atoms with Crippen LogP contribution in [0.5, 0.6) is 5.75 Å². The Hall–Kier alpha value is -2.81. The van der Waals surface area contributed by atoms with Crippen molar-refractivity contribution in [3.05, 3.63) is 28.2 Å². The second-order valence-electron chi connectivity index (χ2n) is 6.19. The van der Waals surface area contributed by atoms with Crippen LogP contribution in [0.2, 0.25) is 0 Å². The van der Waals surface area contributed by atoms with Crippen LogP contribution >= 0.6 is 27.3 Å². The Labute approximate surface area is 185 Å². The largest absolute Gasteiger partial charge is 0.492 e. The van der Waals surface area contributed by atoms with Crippen LogP contribution in [0, 0.1) is 0 Å². The number of carboxylic acid groups (broad SMARTS) is 1. The Morgan fingerprint density at radius 2 is 2.10 bits per heavy atom. The van der Waals surface area contributed by atoms with E-state index in [1.165, 1.54) is 17.4 Å². The van der Waals surface area contributed by atoms with E-state index in [0.717, 1.165) is 16.9 Å². The van der Waals surface area contributed by atoms with E-state index in [2.05, 4.69) is 41.5 Å². The normalized spacial score (nSPS) is 11.5. The molecule has 0 aliphatic rings. The van der Waals surface area contributed by atoms with Gasteiger partial charge in [0.05, 0.1) is 16.6 Å². The Morgan fingerprint density at radius 1 is 1.32 bits per heavy atom. The molecule has 0 amide bonds. The zero-order valence-electron chi connectivity index (χ0n) is 15.9. The number of tetrazole rings is 1. The van der Waals surface area contributed by atoms with Crippen LogP contribution in [-0.4, -0.2) is 61.7 Å². The van der Waals surface area contributed by atoms with Gasteiger partial charge in [0.1, 0.15) is 5.75 Å². The molecule has 0 atom stereocenters. The molecule has 0 aliphatic carbocycles. The highest BCUT2D eigenvalue weighted by Crippen LogP contribution is 2.35. The molecule has 0 unspecified atom stereocenters. The second kappa shape index (κ2) is 9.55. The van der Waals surface area contributed by atoms with Crippen molar-refractivity contribution in [2.75, 3.05) is 25.1 Å². The molecule has 2 heterocycles. The summed E-state index contributed by atoms with van der Waals surface area (Å²) < 4.78 is 44.4. The molecular weight excluding hydrogens is 507 g/mol. The van der Waals surface area contributed by atoms with Gasteiger partial charge in [-0.1, -0.05) is 11.3 Å². The number of halogens is 4. The number of aliphatic carboxylic acids is 1. The molecule has 0 saturated carbocycles. The highest BCUT2D eigenvalue weighted by atomic mass is 79.9. The molecule has 0 radical (unpaired) electrons. The zero-order valence-corrected chi connectivity index (χ0v) is 18.3. The average molecular weight is 522 g/mol. The van der Waals surface area contributed by atoms with Crippen LogP contribution in [0.15, 0.2) is 22.7 Å². The molecule has 0 saturated heterocycles. The zero-order chi connectivity index (χ0) is 22.6. The van der Waals surface area contributed by atoms with E-state index in [0.29, 0.717) is 27.6 Å². The fourth-order valence-corrected chi connectivity index (χ4v) is 3.46. The predicted octanol–water partition coefficient (Wildman–Crippen LogP) is 2.96. The van der Waals surface area contributed by atoms with Crippen LogP contribution in [0.1, 0.15) is 12.0 Å². The molecule has 3 aromatic rings. The number of hydrogen-bond acceptors (Lipinski definition) is 9. The standard InChI is InChI=1S/C16H15BrF3N7O3S/c1-26(5-2-6-30-11-7-9(16(18,19)20)3-4-10(11)17)15-23-22-14(31-15)13-21-25-27(24-13)8-12(28)29/h3-4,7H,2,5-6,8H2,1H3,(H,28,29). The van der Waals surface area contributed by atoms with E-state index in [9.17, 15) is 18.0 Å². The summed E-state index contributed by atoms with van der Waals surface area (Å²) in [7, 11) is 1.78. The van der Waals surface area contributed by atoms with Crippen molar-refractivity contribution in [1.82, 2.24) is 30.4 Å². The van der Waals surface area contributed by atoms with Crippen LogP contribution in [0.3, 0.4) is 0 Å². The van der Waals surface area contributed by atoms with Gasteiger partial charge in [-0.3, -0.25) is 4.79 Å². The predicted molar refractivity (Wildman–Crippen MR) is 107 cm³/mol. The van der Waals surface area contributed by atoms with Crippen molar-refractivity contribution >= 4 is 38.4 Å². The number of anilines is 1. The van der Waals surface area contributed by atoms with Gasteiger partial charge in [-0.25, -0.2) is 0 Å². The lowest BCUT2D eigenvalue weighted by Crippen LogP contribution is -2.20. The topological polar surface area (TPSA) is 119 Å². The minimum Gasteiger partial charge on any atom is -0.492 e. The molecule has 2 aromatic heterocycles. The number of aromatic nitrogens is 6. The molecule has 15 heteroatoms. The Balaban J connectivity index is 1.52. The monoisotopic (exact) mass is 521 g/mol. The summed E-state index contributed by atoms with van der Waals surface area (Å²) in [5, 5.41) is 29.0. The number of nitrogens with zero attached hydrogens (tertiary/aromatic N) is 7. The maximum atomic E-state index is 12.8. The van der Waals surface area contributed by atoms with E-state index in [1.54, 1.807) is 11.9 Å². The smallest absolute Gasteiger partial charge is 0.416 e. The third-order valence-electron chi connectivity index (χ3n) is 3.82. The number of benzene rings is 1. The average Bonchev–Trinajstić information content (AvgIpc) is 3.34. The van der Waals surface area contributed by atoms with Crippen molar-refractivity contribution in [3.63, 3.8) is 0 Å². The Kier molecular flexibility index (Phi) is 7.04. The van der Waals surface area contributed by atoms with E-state index in [1.807, 2.05) is 0 Å². The van der Waals surface area contributed by atoms with Crippen molar-refractivity contribution in [2.24, 2.45) is 0 Å². The van der Waals surface area contributed by atoms with E-state index in [-0.39, 0.29) is 18.2 Å². The number of carbonyl (C=O) groups is 1. The summed E-state index contributed by atoms with van der Waals surface area (Å²) in [4.78, 5) is 13.4. The summed E-state index contributed by atoms with van der Waals surface area (Å²) in [5.41, 5.74) is -0.780. The van der Waals surface area contributed by atoms with Gasteiger partial charge >= 0.3 is 12.1 Å². The first-order chi connectivity index (χ1) is 14.6. The lowest BCUT2D eigenvalue weighted by atomic mass is 10.2. The van der Waals surface area contributed by atoms with Crippen molar-refractivity contribution in [2.45, 2.75) is 19.1 Å². The van der Waals surface area contributed by atoms with Gasteiger partial charge in [0.15, 0.2) is 11.6 Å². The summed E-state index contributed by atoms with van der Waals surface area (Å²) in [6.07, 6.45) is -3.93. The third-order valence-corrected chi connectivity index (χ3v) is 5.50.